The number of benzene rings is 1. The van der Waals surface area contributed by atoms with Gasteiger partial charge in [-0.1, -0.05) is 55.5 Å². The molecule has 21 heavy (non-hydrogen) atoms. The topological polar surface area (TPSA) is 0 Å². The number of unbranched alkanes of at least 4 members (excludes halogenated alkanes) is 1. The Morgan fingerprint density at radius 3 is 2.43 bits per heavy atom. The number of rotatable bonds is 6. The lowest BCUT2D eigenvalue weighted by molar-refractivity contribution is 0.166. The minimum absolute atomic E-state index is 0.251. The van der Waals surface area contributed by atoms with Crippen LogP contribution in [0, 0.1) is 11.3 Å². The maximum Gasteiger partial charge on any atom is 0.0595 e. The second-order valence-electron chi connectivity index (χ2n) is 6.64. The molecule has 0 saturated heterocycles. The van der Waals surface area contributed by atoms with Crippen LogP contribution in [0.3, 0.4) is 0 Å². The predicted molar refractivity (Wildman–Crippen MR) is 94.8 cm³/mol. The molecule has 0 N–H and O–H groups in total. The summed E-state index contributed by atoms with van der Waals surface area (Å²) < 4.78 is 0. The average Bonchev–Trinajstić information content (AvgIpc) is 2.50. The molecular formula is C18H25Cl3. The van der Waals surface area contributed by atoms with E-state index in [-0.39, 0.29) is 5.41 Å². The van der Waals surface area contributed by atoms with Crippen molar-refractivity contribution in [2.75, 3.05) is 5.88 Å². The molecule has 0 nitrogen and oxygen atoms in total. The maximum absolute atomic E-state index is 6.35. The first-order valence-corrected chi connectivity index (χ1v) is 9.37. The van der Waals surface area contributed by atoms with E-state index in [4.69, 9.17) is 34.8 Å². The van der Waals surface area contributed by atoms with E-state index in [1.807, 2.05) is 12.1 Å². The quantitative estimate of drug-likeness (QED) is 0.480. The molecule has 3 heteroatoms. The Bertz CT molecular complexity index is 448. The molecule has 0 heterocycles. The minimum Gasteiger partial charge on any atom is -0.126 e. The van der Waals surface area contributed by atoms with Gasteiger partial charge in [0.15, 0.2) is 0 Å². The number of halogens is 3. The molecule has 0 amide bonds. The van der Waals surface area contributed by atoms with Crippen LogP contribution in [-0.4, -0.2) is 5.88 Å². The summed E-state index contributed by atoms with van der Waals surface area (Å²) in [6, 6.07) is 5.99. The maximum atomic E-state index is 6.35. The first kappa shape index (κ1) is 17.4. The highest BCUT2D eigenvalue weighted by Gasteiger charge is 2.34. The first-order chi connectivity index (χ1) is 10.1. The van der Waals surface area contributed by atoms with E-state index in [9.17, 15) is 0 Å². The van der Waals surface area contributed by atoms with Gasteiger partial charge in [-0.25, -0.2) is 0 Å². The number of alkyl halides is 1. The van der Waals surface area contributed by atoms with Crippen molar-refractivity contribution in [3.8, 4) is 0 Å². The van der Waals surface area contributed by atoms with Crippen molar-refractivity contribution in [1.82, 2.24) is 0 Å². The third kappa shape index (κ3) is 4.78. The van der Waals surface area contributed by atoms with Gasteiger partial charge in [0.25, 0.3) is 0 Å². The summed E-state index contributed by atoms with van der Waals surface area (Å²) in [6.07, 6.45) is 10.2. The molecule has 0 unspecified atom stereocenters. The second-order valence-corrected chi connectivity index (χ2v) is 7.73. The van der Waals surface area contributed by atoms with Gasteiger partial charge >= 0.3 is 0 Å². The van der Waals surface area contributed by atoms with Gasteiger partial charge in [-0.3, -0.25) is 0 Å². The largest absolute Gasteiger partial charge is 0.126 e. The van der Waals surface area contributed by atoms with Crippen molar-refractivity contribution in [2.24, 2.45) is 11.3 Å². The van der Waals surface area contributed by atoms with Crippen molar-refractivity contribution < 1.29 is 0 Å². The zero-order valence-corrected chi connectivity index (χ0v) is 15.1. The van der Waals surface area contributed by atoms with E-state index >= 15 is 0 Å². The van der Waals surface area contributed by atoms with Crippen LogP contribution in [0.25, 0.3) is 0 Å². The Morgan fingerprint density at radius 1 is 1.14 bits per heavy atom. The lowest BCUT2D eigenvalue weighted by Gasteiger charge is -2.39. The summed E-state index contributed by atoms with van der Waals surface area (Å²) in [5, 5.41) is 1.28. The fraction of sp³-hybridized carbons (Fsp3) is 0.667. The van der Waals surface area contributed by atoms with Gasteiger partial charge in [0, 0.05) is 5.88 Å². The van der Waals surface area contributed by atoms with Crippen LogP contribution < -0.4 is 0 Å². The molecule has 118 valence electrons. The fourth-order valence-corrected chi connectivity index (χ4v) is 4.19. The lowest BCUT2D eigenvalue weighted by Crippen LogP contribution is -2.31. The Labute approximate surface area is 144 Å². The van der Waals surface area contributed by atoms with Crippen molar-refractivity contribution in [3.05, 3.63) is 33.8 Å². The zero-order valence-electron chi connectivity index (χ0n) is 12.8. The molecule has 0 spiro atoms. The van der Waals surface area contributed by atoms with Crippen molar-refractivity contribution >= 4 is 34.8 Å². The van der Waals surface area contributed by atoms with Gasteiger partial charge < -0.3 is 0 Å². The molecule has 0 radical (unpaired) electrons. The second kappa shape index (κ2) is 8.09. The summed E-state index contributed by atoms with van der Waals surface area (Å²) >= 11 is 18.5. The van der Waals surface area contributed by atoms with E-state index < -0.39 is 0 Å². The van der Waals surface area contributed by atoms with Crippen LogP contribution >= 0.6 is 34.8 Å². The summed E-state index contributed by atoms with van der Waals surface area (Å²) in [6.45, 7) is 2.27. The molecule has 0 aliphatic heterocycles. The van der Waals surface area contributed by atoms with Gasteiger partial charge in [0.05, 0.1) is 10.0 Å². The van der Waals surface area contributed by atoms with Crippen molar-refractivity contribution in [1.29, 1.82) is 0 Å². The Balaban J connectivity index is 1.98. The van der Waals surface area contributed by atoms with E-state index in [0.29, 0.717) is 10.0 Å². The normalized spacial score (nSPS) is 26.0. The molecule has 1 aliphatic rings. The molecule has 1 aromatic carbocycles. The van der Waals surface area contributed by atoms with Gasteiger partial charge in [-0.2, -0.15) is 0 Å². The standard InChI is InChI=1S/C18H25Cl3/c1-2-3-4-14-7-9-18(13-19,10-8-14)12-15-5-6-16(20)17(21)11-15/h5-6,11,14H,2-4,7-10,12-13H2,1H3. The van der Waals surface area contributed by atoms with E-state index in [1.54, 1.807) is 0 Å². The molecular weight excluding hydrogens is 323 g/mol. The van der Waals surface area contributed by atoms with Crippen molar-refractivity contribution in [2.45, 2.75) is 58.3 Å². The molecule has 2 rings (SSSR count). The minimum atomic E-state index is 0.251. The third-order valence-electron chi connectivity index (χ3n) is 4.98. The average molecular weight is 348 g/mol. The van der Waals surface area contributed by atoms with Gasteiger partial charge in [0.2, 0.25) is 0 Å². The smallest absolute Gasteiger partial charge is 0.0595 e. The monoisotopic (exact) mass is 346 g/mol. The van der Waals surface area contributed by atoms with Crippen LogP contribution in [0.2, 0.25) is 10.0 Å². The predicted octanol–water partition coefficient (Wildman–Crippen LogP) is 7.14. The van der Waals surface area contributed by atoms with Crippen LogP contribution in [0.4, 0.5) is 0 Å². The Morgan fingerprint density at radius 2 is 1.86 bits per heavy atom. The van der Waals surface area contributed by atoms with Gasteiger partial charge in [-0.05, 0) is 61.1 Å². The van der Waals surface area contributed by atoms with Gasteiger partial charge in [-0.15, -0.1) is 11.6 Å². The van der Waals surface area contributed by atoms with E-state index in [1.165, 1.54) is 50.5 Å². The fourth-order valence-electron chi connectivity index (χ4n) is 3.51. The van der Waals surface area contributed by atoms with Crippen LogP contribution in [-0.2, 0) is 6.42 Å². The molecule has 0 aromatic heterocycles. The summed E-state index contributed by atoms with van der Waals surface area (Å²) in [7, 11) is 0. The molecule has 1 fully saturated rings. The molecule has 1 saturated carbocycles. The van der Waals surface area contributed by atoms with Crippen LogP contribution in [0.15, 0.2) is 18.2 Å². The summed E-state index contributed by atoms with van der Waals surface area (Å²) in [5.41, 5.74) is 1.51. The van der Waals surface area contributed by atoms with Crippen LogP contribution in [0.5, 0.6) is 0 Å². The van der Waals surface area contributed by atoms with E-state index in [0.717, 1.165) is 18.2 Å². The zero-order chi connectivity index (χ0) is 15.3. The molecule has 1 aliphatic carbocycles. The summed E-state index contributed by atoms with van der Waals surface area (Å²) in [5.74, 6) is 1.66. The SMILES string of the molecule is CCCCC1CCC(CCl)(Cc2ccc(Cl)c(Cl)c2)CC1. The third-order valence-corrected chi connectivity index (χ3v) is 6.28. The van der Waals surface area contributed by atoms with Crippen LogP contribution in [0.1, 0.15) is 57.4 Å². The Hall–Kier alpha value is 0.0900. The van der Waals surface area contributed by atoms with Crippen molar-refractivity contribution in [3.63, 3.8) is 0 Å². The number of hydrogen-bond acceptors (Lipinski definition) is 0. The summed E-state index contributed by atoms with van der Waals surface area (Å²) in [4.78, 5) is 0. The molecule has 0 atom stereocenters. The molecule has 0 bridgehead atoms. The van der Waals surface area contributed by atoms with E-state index in [2.05, 4.69) is 13.0 Å². The number of hydrogen-bond donors (Lipinski definition) is 0. The Kier molecular flexibility index (Phi) is 6.72. The highest BCUT2D eigenvalue weighted by atomic mass is 35.5. The molecule has 1 aromatic rings. The lowest BCUT2D eigenvalue weighted by atomic mass is 9.68. The highest BCUT2D eigenvalue weighted by molar-refractivity contribution is 6.42. The first-order valence-electron chi connectivity index (χ1n) is 8.08. The van der Waals surface area contributed by atoms with Gasteiger partial charge in [0.1, 0.15) is 0 Å². The highest BCUT2D eigenvalue weighted by Crippen LogP contribution is 2.44.